The molecule has 19 heavy (non-hydrogen) atoms. The highest BCUT2D eigenvalue weighted by Gasteiger charge is 2.33. The molecule has 0 aromatic heterocycles. The predicted molar refractivity (Wildman–Crippen MR) is 91.1 cm³/mol. The second-order valence-electron chi connectivity index (χ2n) is 3.68. The second-order valence-corrected chi connectivity index (χ2v) is 7.00. The van der Waals surface area contributed by atoms with Crippen LogP contribution >= 0.6 is 67.8 Å². The molecule has 1 saturated heterocycles. The molecule has 8 heteroatoms. The Bertz CT molecular complexity index is 572. The average molecular weight is 597 g/mol. The summed E-state index contributed by atoms with van der Waals surface area (Å²) < 4.78 is 2.70. The van der Waals surface area contributed by atoms with E-state index in [1.165, 1.54) is 0 Å². The van der Waals surface area contributed by atoms with Crippen LogP contribution in [0.25, 0.3) is 0 Å². The lowest BCUT2D eigenvalue weighted by atomic mass is 10.2. The molecule has 1 aliphatic heterocycles. The lowest BCUT2D eigenvalue weighted by Crippen LogP contribution is -2.32. The lowest BCUT2D eigenvalue weighted by molar-refractivity contribution is -0.172. The number of nitrogens with zero attached hydrogens (tertiary/aromatic N) is 1. The van der Waals surface area contributed by atoms with Crippen molar-refractivity contribution < 1.29 is 19.2 Å². The van der Waals surface area contributed by atoms with E-state index >= 15 is 0 Å². The van der Waals surface area contributed by atoms with Gasteiger partial charge in [0.25, 0.3) is 11.8 Å². The van der Waals surface area contributed by atoms with Crippen molar-refractivity contribution >= 4 is 85.6 Å². The van der Waals surface area contributed by atoms with Gasteiger partial charge in [0.2, 0.25) is 0 Å². The van der Waals surface area contributed by atoms with Gasteiger partial charge in [-0.05, 0) is 79.9 Å². The molecule has 0 spiro atoms. The molecule has 2 amide bonds. The van der Waals surface area contributed by atoms with E-state index in [-0.39, 0.29) is 12.8 Å². The number of benzene rings is 1. The number of hydrogen-bond donors (Lipinski definition) is 0. The minimum Gasteiger partial charge on any atom is -0.325 e. The number of carbonyl (C=O) groups excluding carboxylic acids is 3. The molecule has 0 N–H and O–H groups in total. The van der Waals surface area contributed by atoms with Gasteiger partial charge in [-0.1, -0.05) is 0 Å². The molecule has 0 unspecified atom stereocenters. The fraction of sp³-hybridized carbons (Fsp3) is 0.182. The Morgan fingerprint density at radius 2 is 1.63 bits per heavy atom. The molecule has 1 heterocycles. The zero-order valence-electron chi connectivity index (χ0n) is 9.28. The SMILES string of the molecule is O=C(ON1C(=O)CCC1=O)c1ccc(I)c(I)c1I. The van der Waals surface area contributed by atoms with E-state index in [1.807, 2.05) is 22.6 Å². The average Bonchev–Trinajstić information content (AvgIpc) is 2.68. The standard InChI is InChI=1S/C11H6I3NO4/c12-6-2-1-5(9(13)10(6)14)11(18)19-15-7(16)3-4-8(15)17/h1-2H,3-4H2. The Morgan fingerprint density at radius 1 is 1.05 bits per heavy atom. The fourth-order valence-corrected chi connectivity index (χ4v) is 3.60. The van der Waals surface area contributed by atoms with Crippen molar-refractivity contribution in [3.63, 3.8) is 0 Å². The van der Waals surface area contributed by atoms with E-state index < -0.39 is 17.8 Å². The molecule has 1 aliphatic rings. The fourth-order valence-electron chi connectivity index (χ4n) is 1.47. The predicted octanol–water partition coefficient (Wildman–Crippen LogP) is 2.72. The van der Waals surface area contributed by atoms with E-state index in [1.54, 1.807) is 12.1 Å². The summed E-state index contributed by atoms with van der Waals surface area (Å²) in [6.45, 7) is 0. The summed E-state index contributed by atoms with van der Waals surface area (Å²) in [7, 11) is 0. The monoisotopic (exact) mass is 597 g/mol. The maximum Gasteiger partial charge on any atom is 0.365 e. The van der Waals surface area contributed by atoms with E-state index in [2.05, 4.69) is 45.2 Å². The van der Waals surface area contributed by atoms with Gasteiger partial charge in [0.15, 0.2) is 0 Å². The minimum atomic E-state index is -0.692. The summed E-state index contributed by atoms with van der Waals surface area (Å²) >= 11 is 6.34. The van der Waals surface area contributed by atoms with Gasteiger partial charge in [0, 0.05) is 23.6 Å². The quantitative estimate of drug-likeness (QED) is 0.299. The summed E-state index contributed by atoms with van der Waals surface area (Å²) in [5.74, 6) is -1.65. The third-order valence-electron chi connectivity index (χ3n) is 2.44. The van der Waals surface area contributed by atoms with Crippen LogP contribution in [0.4, 0.5) is 0 Å². The highest BCUT2D eigenvalue weighted by atomic mass is 127. The molecular formula is C11H6I3NO4. The molecule has 0 atom stereocenters. The Kier molecular flexibility index (Phi) is 5.03. The van der Waals surface area contributed by atoms with E-state index in [4.69, 9.17) is 4.84 Å². The number of imide groups is 1. The number of amides is 2. The van der Waals surface area contributed by atoms with Gasteiger partial charge in [0.1, 0.15) is 0 Å². The maximum atomic E-state index is 12.0. The van der Waals surface area contributed by atoms with E-state index in [9.17, 15) is 14.4 Å². The van der Waals surface area contributed by atoms with Crippen molar-refractivity contribution in [2.75, 3.05) is 0 Å². The number of hydroxylamine groups is 2. The van der Waals surface area contributed by atoms with Crippen molar-refractivity contribution in [3.8, 4) is 0 Å². The van der Waals surface area contributed by atoms with Crippen LogP contribution in [0, 0.1) is 10.7 Å². The van der Waals surface area contributed by atoms with Gasteiger partial charge in [-0.25, -0.2) is 4.79 Å². The van der Waals surface area contributed by atoms with Gasteiger partial charge in [-0.3, -0.25) is 9.59 Å². The van der Waals surface area contributed by atoms with Crippen LogP contribution in [0.2, 0.25) is 0 Å². The van der Waals surface area contributed by atoms with Crippen LogP contribution in [-0.2, 0) is 14.4 Å². The van der Waals surface area contributed by atoms with Crippen molar-refractivity contribution in [3.05, 3.63) is 28.4 Å². The molecule has 0 aliphatic carbocycles. The van der Waals surface area contributed by atoms with Crippen molar-refractivity contribution in [2.24, 2.45) is 0 Å². The normalized spacial score (nSPS) is 15.0. The van der Waals surface area contributed by atoms with Gasteiger partial charge in [0.05, 0.1) is 5.56 Å². The topological polar surface area (TPSA) is 63.7 Å². The van der Waals surface area contributed by atoms with Gasteiger partial charge in [-0.15, -0.1) is 5.06 Å². The first-order valence-electron chi connectivity index (χ1n) is 5.13. The third kappa shape index (κ3) is 3.20. The number of hydrogen-bond acceptors (Lipinski definition) is 4. The van der Waals surface area contributed by atoms with Crippen LogP contribution in [0.5, 0.6) is 0 Å². The number of halogens is 3. The van der Waals surface area contributed by atoms with Gasteiger partial charge in [-0.2, -0.15) is 0 Å². The molecular weight excluding hydrogens is 591 g/mol. The van der Waals surface area contributed by atoms with Crippen LogP contribution in [0.3, 0.4) is 0 Å². The van der Waals surface area contributed by atoms with Crippen molar-refractivity contribution in [1.82, 2.24) is 5.06 Å². The zero-order chi connectivity index (χ0) is 14.2. The largest absolute Gasteiger partial charge is 0.365 e. The maximum absolute atomic E-state index is 12.0. The molecule has 0 radical (unpaired) electrons. The summed E-state index contributed by atoms with van der Waals surface area (Å²) in [6, 6.07) is 3.41. The molecule has 2 rings (SSSR count). The first-order chi connectivity index (χ1) is 8.91. The van der Waals surface area contributed by atoms with Crippen LogP contribution in [0.15, 0.2) is 12.1 Å². The van der Waals surface area contributed by atoms with E-state index in [0.29, 0.717) is 10.6 Å². The number of carbonyl (C=O) groups is 3. The van der Waals surface area contributed by atoms with Crippen molar-refractivity contribution in [2.45, 2.75) is 12.8 Å². The Morgan fingerprint density at radius 3 is 2.21 bits per heavy atom. The van der Waals surface area contributed by atoms with Crippen LogP contribution in [-0.4, -0.2) is 22.8 Å². The third-order valence-corrected chi connectivity index (χ3v) is 7.64. The highest BCUT2D eigenvalue weighted by Crippen LogP contribution is 2.25. The Balaban J connectivity index is 2.24. The summed E-state index contributed by atoms with van der Waals surface area (Å²) in [5.41, 5.74) is 0.345. The lowest BCUT2D eigenvalue weighted by Gasteiger charge is -2.13. The Hall–Kier alpha value is 0.0200. The summed E-state index contributed by atoms with van der Waals surface area (Å²) in [4.78, 5) is 39.6. The molecule has 1 aromatic rings. The first kappa shape index (κ1) is 15.4. The first-order valence-corrected chi connectivity index (χ1v) is 8.37. The van der Waals surface area contributed by atoms with Crippen LogP contribution < -0.4 is 0 Å². The molecule has 0 saturated carbocycles. The molecule has 1 fully saturated rings. The smallest absolute Gasteiger partial charge is 0.325 e. The molecule has 100 valence electrons. The Labute approximate surface area is 149 Å². The van der Waals surface area contributed by atoms with Crippen LogP contribution in [0.1, 0.15) is 23.2 Å². The van der Waals surface area contributed by atoms with Gasteiger partial charge >= 0.3 is 5.97 Å². The number of rotatable bonds is 2. The van der Waals surface area contributed by atoms with Crippen molar-refractivity contribution in [1.29, 1.82) is 0 Å². The zero-order valence-corrected chi connectivity index (χ0v) is 15.8. The van der Waals surface area contributed by atoms with Gasteiger partial charge < -0.3 is 4.84 Å². The summed E-state index contributed by atoms with van der Waals surface area (Å²) in [5, 5.41) is 0.559. The second kappa shape index (κ2) is 6.20. The minimum absolute atomic E-state index is 0.0907. The molecule has 0 bridgehead atoms. The molecule has 5 nitrogen and oxygen atoms in total. The highest BCUT2D eigenvalue weighted by molar-refractivity contribution is 14.1. The van der Waals surface area contributed by atoms with E-state index in [0.717, 1.165) is 10.7 Å². The summed E-state index contributed by atoms with van der Waals surface area (Å²) in [6.07, 6.45) is 0.181. The molecule has 1 aromatic carbocycles.